The largest absolute Gasteiger partial charge is 0.385 e. The van der Waals surface area contributed by atoms with Gasteiger partial charge in [-0.3, -0.25) is 4.68 Å². The predicted molar refractivity (Wildman–Crippen MR) is 63.1 cm³/mol. The standard InChI is InChI=1S/C12H21N3O/c1-3-15-10-11(9-13-15)12(16)5-4-7-14(2)8-6-12/h9-10,16H,3-8H2,1-2H3. The van der Waals surface area contributed by atoms with E-state index in [2.05, 4.69) is 24.0 Å². The maximum absolute atomic E-state index is 10.7. The van der Waals surface area contributed by atoms with Crippen LogP contribution in [0.2, 0.25) is 0 Å². The molecule has 1 N–H and O–H groups in total. The van der Waals surface area contributed by atoms with Crippen LogP contribution in [0.5, 0.6) is 0 Å². The molecule has 90 valence electrons. The lowest BCUT2D eigenvalue weighted by Gasteiger charge is -2.25. The van der Waals surface area contributed by atoms with E-state index in [-0.39, 0.29) is 0 Å². The van der Waals surface area contributed by atoms with Crippen LogP contribution in [-0.2, 0) is 12.1 Å². The molecule has 1 fully saturated rings. The Balaban J connectivity index is 2.16. The van der Waals surface area contributed by atoms with Crippen LogP contribution in [0, 0.1) is 0 Å². The molecule has 1 saturated heterocycles. The summed E-state index contributed by atoms with van der Waals surface area (Å²) in [7, 11) is 2.11. The highest BCUT2D eigenvalue weighted by Gasteiger charge is 2.32. The number of nitrogens with zero attached hydrogens (tertiary/aromatic N) is 3. The Labute approximate surface area is 96.9 Å². The van der Waals surface area contributed by atoms with Gasteiger partial charge >= 0.3 is 0 Å². The summed E-state index contributed by atoms with van der Waals surface area (Å²) in [6.45, 7) is 4.94. The Kier molecular flexibility index (Phi) is 3.30. The molecule has 0 bridgehead atoms. The molecule has 1 aromatic rings. The molecule has 4 nitrogen and oxygen atoms in total. The fourth-order valence-electron chi connectivity index (χ4n) is 2.32. The molecule has 1 aromatic heterocycles. The molecule has 2 heterocycles. The van der Waals surface area contributed by atoms with Gasteiger partial charge in [-0.2, -0.15) is 5.10 Å². The Bertz CT molecular complexity index is 350. The first kappa shape index (κ1) is 11.6. The maximum Gasteiger partial charge on any atom is 0.0939 e. The second kappa shape index (κ2) is 4.55. The summed E-state index contributed by atoms with van der Waals surface area (Å²) in [5, 5.41) is 14.9. The Morgan fingerprint density at radius 3 is 2.94 bits per heavy atom. The van der Waals surface area contributed by atoms with Gasteiger partial charge in [0.1, 0.15) is 0 Å². The highest BCUT2D eigenvalue weighted by Crippen LogP contribution is 2.32. The molecule has 4 heteroatoms. The quantitative estimate of drug-likeness (QED) is 0.819. The zero-order valence-corrected chi connectivity index (χ0v) is 10.2. The minimum Gasteiger partial charge on any atom is -0.385 e. The monoisotopic (exact) mass is 223 g/mol. The number of aromatic nitrogens is 2. The fraction of sp³-hybridized carbons (Fsp3) is 0.750. The second-order valence-corrected chi connectivity index (χ2v) is 4.77. The van der Waals surface area contributed by atoms with Crippen molar-refractivity contribution >= 4 is 0 Å². The van der Waals surface area contributed by atoms with E-state index in [0.717, 1.165) is 44.5 Å². The third kappa shape index (κ3) is 2.28. The van der Waals surface area contributed by atoms with Gasteiger partial charge in [0.25, 0.3) is 0 Å². The summed E-state index contributed by atoms with van der Waals surface area (Å²) in [6.07, 6.45) is 6.48. The lowest BCUT2D eigenvalue weighted by Crippen LogP contribution is -2.27. The van der Waals surface area contributed by atoms with E-state index < -0.39 is 5.60 Å². The molecule has 0 saturated carbocycles. The van der Waals surface area contributed by atoms with Gasteiger partial charge in [0.2, 0.25) is 0 Å². The average Bonchev–Trinajstić information content (AvgIpc) is 2.69. The molecule has 16 heavy (non-hydrogen) atoms. The minimum atomic E-state index is -0.668. The number of likely N-dealkylation sites (tertiary alicyclic amines) is 1. The summed E-state index contributed by atoms with van der Waals surface area (Å²) >= 11 is 0. The van der Waals surface area contributed by atoms with Crippen LogP contribution in [-0.4, -0.2) is 39.9 Å². The Morgan fingerprint density at radius 2 is 2.25 bits per heavy atom. The van der Waals surface area contributed by atoms with Gasteiger partial charge in [-0.1, -0.05) is 0 Å². The predicted octanol–water partition coefficient (Wildman–Crippen LogP) is 1.21. The molecule has 0 spiro atoms. The zero-order chi connectivity index (χ0) is 11.6. The lowest BCUT2D eigenvalue weighted by molar-refractivity contribution is 0.0217. The third-order valence-corrected chi connectivity index (χ3v) is 3.53. The lowest BCUT2D eigenvalue weighted by atomic mass is 9.89. The highest BCUT2D eigenvalue weighted by molar-refractivity contribution is 5.15. The minimum absolute atomic E-state index is 0.668. The third-order valence-electron chi connectivity index (χ3n) is 3.53. The molecule has 0 amide bonds. The molecule has 1 atom stereocenters. The number of aryl methyl sites for hydroxylation is 1. The molecule has 0 aromatic carbocycles. The van der Waals surface area contributed by atoms with Crippen molar-refractivity contribution in [3.63, 3.8) is 0 Å². The first-order valence-electron chi connectivity index (χ1n) is 6.08. The van der Waals surface area contributed by atoms with E-state index in [1.807, 2.05) is 17.1 Å². The fourth-order valence-corrected chi connectivity index (χ4v) is 2.32. The molecule has 2 rings (SSSR count). The van der Waals surface area contributed by atoms with Gasteiger partial charge in [0.05, 0.1) is 11.8 Å². The van der Waals surface area contributed by atoms with E-state index in [1.54, 1.807) is 0 Å². The zero-order valence-electron chi connectivity index (χ0n) is 10.2. The molecule has 1 aliphatic rings. The average molecular weight is 223 g/mol. The van der Waals surface area contributed by atoms with Gasteiger partial charge in [-0.15, -0.1) is 0 Å². The van der Waals surface area contributed by atoms with Crippen molar-refractivity contribution in [3.8, 4) is 0 Å². The maximum atomic E-state index is 10.7. The molecular weight excluding hydrogens is 202 g/mol. The van der Waals surface area contributed by atoms with E-state index in [0.29, 0.717) is 0 Å². The summed E-state index contributed by atoms with van der Waals surface area (Å²) in [4.78, 5) is 2.28. The summed E-state index contributed by atoms with van der Waals surface area (Å²) in [5.41, 5.74) is 0.308. The van der Waals surface area contributed by atoms with Crippen molar-refractivity contribution < 1.29 is 5.11 Å². The Morgan fingerprint density at radius 1 is 1.44 bits per heavy atom. The van der Waals surface area contributed by atoms with Crippen LogP contribution >= 0.6 is 0 Å². The van der Waals surface area contributed by atoms with Gasteiger partial charge in [-0.25, -0.2) is 0 Å². The van der Waals surface area contributed by atoms with E-state index in [1.165, 1.54) is 0 Å². The van der Waals surface area contributed by atoms with Crippen LogP contribution in [0.3, 0.4) is 0 Å². The molecule has 1 unspecified atom stereocenters. The first-order chi connectivity index (χ1) is 7.64. The van der Waals surface area contributed by atoms with Gasteiger partial charge in [0.15, 0.2) is 0 Å². The normalized spacial score (nSPS) is 27.9. The van der Waals surface area contributed by atoms with Crippen molar-refractivity contribution in [2.24, 2.45) is 0 Å². The van der Waals surface area contributed by atoms with Gasteiger partial charge in [0, 0.05) is 24.8 Å². The van der Waals surface area contributed by atoms with Crippen LogP contribution in [0.15, 0.2) is 12.4 Å². The smallest absolute Gasteiger partial charge is 0.0939 e. The molecule has 1 aliphatic heterocycles. The van der Waals surface area contributed by atoms with Crippen molar-refractivity contribution in [3.05, 3.63) is 18.0 Å². The number of hydrogen-bond acceptors (Lipinski definition) is 3. The summed E-state index contributed by atoms with van der Waals surface area (Å²) in [6, 6.07) is 0. The number of hydrogen-bond donors (Lipinski definition) is 1. The summed E-state index contributed by atoms with van der Waals surface area (Å²) < 4.78 is 1.88. The SMILES string of the molecule is CCn1cc(C2(O)CCCN(C)CC2)cn1. The Hall–Kier alpha value is -0.870. The van der Waals surface area contributed by atoms with E-state index >= 15 is 0 Å². The van der Waals surface area contributed by atoms with Crippen LogP contribution in [0.25, 0.3) is 0 Å². The van der Waals surface area contributed by atoms with Crippen molar-refractivity contribution in [2.75, 3.05) is 20.1 Å². The number of aliphatic hydroxyl groups is 1. The number of rotatable bonds is 2. The van der Waals surface area contributed by atoms with Gasteiger partial charge in [-0.05, 0) is 39.8 Å². The molecule has 0 aliphatic carbocycles. The first-order valence-corrected chi connectivity index (χ1v) is 6.08. The molecule has 0 radical (unpaired) electrons. The van der Waals surface area contributed by atoms with Crippen molar-refractivity contribution in [1.29, 1.82) is 0 Å². The van der Waals surface area contributed by atoms with E-state index in [4.69, 9.17) is 0 Å². The van der Waals surface area contributed by atoms with E-state index in [9.17, 15) is 5.11 Å². The van der Waals surface area contributed by atoms with Crippen LogP contribution in [0.4, 0.5) is 0 Å². The van der Waals surface area contributed by atoms with Crippen LogP contribution in [0.1, 0.15) is 31.7 Å². The second-order valence-electron chi connectivity index (χ2n) is 4.77. The van der Waals surface area contributed by atoms with Crippen molar-refractivity contribution in [2.45, 2.75) is 38.3 Å². The van der Waals surface area contributed by atoms with Crippen LogP contribution < -0.4 is 0 Å². The summed E-state index contributed by atoms with van der Waals surface area (Å²) in [5.74, 6) is 0. The highest BCUT2D eigenvalue weighted by atomic mass is 16.3. The topological polar surface area (TPSA) is 41.3 Å². The van der Waals surface area contributed by atoms with Crippen molar-refractivity contribution in [1.82, 2.24) is 14.7 Å². The van der Waals surface area contributed by atoms with Gasteiger partial charge < -0.3 is 10.0 Å². The molecular formula is C12H21N3O.